The standard InChI is InChI=1S/C41H42F5N3O3S/c1-27-6-15-36-34(22-27)37(50)23-39(53-26-31-4-3-5-35(42)40(31)43)49(36)25-38(51)48(33-16-18-47(19-17-33)20-21-52-2)24-28-7-9-29(10-8-28)30-11-13-32(14-12-30)41(44,45)46/h3-15,22-23,33,37,50H,16-21,24-26H2,1-2H3/i2D3,6D,15D,20D2,21D2,22D,23D,25D2,26D2. The van der Waals surface area contributed by atoms with E-state index in [0.717, 1.165) is 34.1 Å². The number of rotatable bonds is 12. The number of amides is 1. The number of anilines is 1. The Labute approximate surface area is 331 Å². The fourth-order valence-corrected chi connectivity index (χ4v) is 6.63. The van der Waals surface area contributed by atoms with Crippen LogP contribution in [0, 0.1) is 18.6 Å². The molecule has 1 N–H and O–H groups in total. The number of aliphatic hydroxyl groups is 1. The first kappa shape index (κ1) is 23.5. The third kappa shape index (κ3) is 9.29. The van der Waals surface area contributed by atoms with Gasteiger partial charge >= 0.3 is 6.18 Å². The monoisotopic (exact) mass is 766 g/mol. The van der Waals surface area contributed by atoms with E-state index in [1.54, 1.807) is 0 Å². The first-order valence-corrected chi connectivity index (χ1v) is 17.0. The van der Waals surface area contributed by atoms with Gasteiger partial charge in [0.05, 0.1) is 32.2 Å². The van der Waals surface area contributed by atoms with Gasteiger partial charge in [-0.3, -0.25) is 4.79 Å². The number of methoxy groups -OCH3 is 1. The average molecular weight is 767 g/mol. The van der Waals surface area contributed by atoms with E-state index in [1.807, 2.05) is 0 Å². The summed E-state index contributed by atoms with van der Waals surface area (Å²) in [5, 5.41) is 10.6. The molecule has 2 aliphatic rings. The van der Waals surface area contributed by atoms with Crippen LogP contribution >= 0.6 is 11.8 Å². The van der Waals surface area contributed by atoms with E-state index in [2.05, 4.69) is 4.74 Å². The van der Waals surface area contributed by atoms with Gasteiger partial charge in [0.1, 0.15) is 12.6 Å². The van der Waals surface area contributed by atoms with Crippen molar-refractivity contribution < 1.29 is 57.2 Å². The smallest absolute Gasteiger partial charge is 0.384 e. The first-order valence-electron chi connectivity index (χ1n) is 23.7. The number of aliphatic hydroxyl groups excluding tert-OH is 1. The zero-order valence-corrected chi connectivity index (χ0v) is 28.8. The number of thioether (sulfide) groups is 1. The number of piperidine rings is 1. The van der Waals surface area contributed by atoms with E-state index in [0.29, 0.717) is 27.7 Å². The fraction of sp³-hybridized carbons (Fsp3) is 0.341. The van der Waals surface area contributed by atoms with Crippen LogP contribution in [-0.2, 0) is 28.0 Å². The van der Waals surface area contributed by atoms with Crippen molar-refractivity contribution in [1.82, 2.24) is 9.80 Å². The Bertz CT molecular complexity index is 2600. The SMILES string of the molecule is [2H]C1=C(SC([2H])([2H])c2cccc(F)c2F)N(C([2H])([2H])C(=O)N(Cc2ccc(-c3ccc(C(F)(F)F)cc3)cc2)C2CCN(C([2H])([2H])C([2H])([2H])OC([2H])([2H])[2H])CC2)c2c([2H])c([2H])c(C)c([2H])c2C1O. The molecule has 1 fully saturated rings. The molecule has 6 nitrogen and oxygen atoms in total. The fourth-order valence-electron chi connectivity index (χ4n) is 5.86. The number of likely N-dealkylation sites (tertiary alicyclic amines) is 1. The van der Waals surface area contributed by atoms with Gasteiger partial charge in [0, 0.05) is 67.2 Å². The Morgan fingerprint density at radius 2 is 1.75 bits per heavy atom. The molecular formula is C41H42F5N3O3S. The van der Waals surface area contributed by atoms with Crippen molar-refractivity contribution in [2.24, 2.45) is 0 Å². The normalized spacial score (nSPS) is 22.4. The summed E-state index contributed by atoms with van der Waals surface area (Å²) in [6.45, 7) is -10.0. The number of halogens is 5. The lowest BCUT2D eigenvalue weighted by molar-refractivity contribution is -0.137. The van der Waals surface area contributed by atoms with Gasteiger partial charge in [-0.1, -0.05) is 66.2 Å². The maximum Gasteiger partial charge on any atom is 0.416 e. The maximum atomic E-state index is 15.3. The molecule has 1 saturated heterocycles. The molecule has 4 aromatic rings. The molecule has 12 heteroatoms. The summed E-state index contributed by atoms with van der Waals surface area (Å²) in [5.74, 6) is -4.59. The van der Waals surface area contributed by atoms with Gasteiger partial charge in [-0.25, -0.2) is 8.78 Å². The van der Waals surface area contributed by atoms with E-state index in [9.17, 15) is 25.4 Å². The predicted molar refractivity (Wildman–Crippen MR) is 198 cm³/mol. The highest BCUT2D eigenvalue weighted by molar-refractivity contribution is 8.02. The minimum atomic E-state index is -4.59. The number of hydrogen-bond donors (Lipinski definition) is 1. The zero-order chi connectivity index (χ0) is 50.9. The molecule has 0 aromatic heterocycles. The molecular weight excluding hydrogens is 710 g/mol. The van der Waals surface area contributed by atoms with Crippen LogP contribution in [0.25, 0.3) is 11.1 Å². The van der Waals surface area contributed by atoms with Gasteiger partial charge in [0.2, 0.25) is 5.91 Å². The molecule has 0 bridgehead atoms. The summed E-state index contributed by atoms with van der Waals surface area (Å²) in [6, 6.07) is 8.59. The lowest BCUT2D eigenvalue weighted by atomic mass is 9.99. The van der Waals surface area contributed by atoms with Gasteiger partial charge in [-0.05, 0) is 66.7 Å². The van der Waals surface area contributed by atoms with Gasteiger partial charge in [0.25, 0.3) is 0 Å². The van der Waals surface area contributed by atoms with Crippen LogP contribution < -0.4 is 4.90 Å². The van der Waals surface area contributed by atoms with E-state index < -0.39 is 126 Å². The molecule has 6 rings (SSSR count). The molecule has 0 saturated carbocycles. The zero-order valence-electron chi connectivity index (χ0n) is 42.9. The minimum absolute atomic E-state index is 0.117. The number of fused-ring (bicyclic) bond motifs is 1. The number of alkyl halides is 3. The number of carbonyl (C=O) groups is 1. The maximum absolute atomic E-state index is 15.3. The lowest BCUT2D eigenvalue weighted by Gasteiger charge is -2.40. The lowest BCUT2D eigenvalue weighted by Crippen LogP contribution is -2.50. The van der Waals surface area contributed by atoms with Crippen molar-refractivity contribution in [3.05, 3.63) is 135 Å². The van der Waals surface area contributed by atoms with Crippen molar-refractivity contribution in [2.45, 2.75) is 50.3 Å². The van der Waals surface area contributed by atoms with Gasteiger partial charge in [-0.15, -0.1) is 11.8 Å². The second-order valence-corrected chi connectivity index (χ2v) is 12.9. The second-order valence-electron chi connectivity index (χ2n) is 12.1. The van der Waals surface area contributed by atoms with Crippen LogP contribution in [0.5, 0.6) is 0 Å². The van der Waals surface area contributed by atoms with Crippen molar-refractivity contribution in [1.29, 1.82) is 0 Å². The summed E-state index contributed by atoms with van der Waals surface area (Å²) < 4.78 is 202. The highest BCUT2D eigenvalue weighted by Crippen LogP contribution is 2.41. The minimum Gasteiger partial charge on any atom is -0.384 e. The molecule has 280 valence electrons. The number of benzene rings is 4. The summed E-state index contributed by atoms with van der Waals surface area (Å²) >= 11 is -0.117. The molecule has 2 aliphatic heterocycles. The molecule has 4 aromatic carbocycles. The Morgan fingerprint density at radius 1 is 1.06 bits per heavy atom. The molecule has 0 aliphatic carbocycles. The van der Waals surface area contributed by atoms with Crippen LogP contribution in [0.15, 0.2) is 95.9 Å². The number of carbonyl (C=O) groups excluding carboxylic acids is 1. The Kier molecular flexibility index (Phi) is 7.48. The quantitative estimate of drug-likeness (QED) is 0.146. The molecule has 1 atom stereocenters. The van der Waals surface area contributed by atoms with E-state index in [1.165, 1.54) is 43.3 Å². The molecule has 2 heterocycles. The predicted octanol–water partition coefficient (Wildman–Crippen LogP) is 8.73. The van der Waals surface area contributed by atoms with Crippen molar-refractivity contribution in [3.8, 4) is 11.1 Å². The van der Waals surface area contributed by atoms with Crippen molar-refractivity contribution in [2.75, 3.05) is 44.6 Å². The van der Waals surface area contributed by atoms with Crippen LogP contribution in [-0.4, -0.2) is 66.5 Å². The van der Waals surface area contributed by atoms with E-state index in [-0.39, 0.29) is 43.3 Å². The highest BCUT2D eigenvalue weighted by atomic mass is 32.2. The molecule has 0 spiro atoms. The molecule has 1 amide bonds. The molecule has 0 radical (unpaired) electrons. The summed E-state index contributed by atoms with van der Waals surface area (Å²) in [7, 11) is -3.34. The summed E-state index contributed by atoms with van der Waals surface area (Å²) in [4.78, 5) is 17.6. The average Bonchev–Trinajstić information content (AvgIpc) is 3.25. The summed E-state index contributed by atoms with van der Waals surface area (Å²) in [5.41, 5.74) is -5.35. The largest absolute Gasteiger partial charge is 0.416 e. The third-order valence-electron chi connectivity index (χ3n) is 8.60. The van der Waals surface area contributed by atoms with Crippen LogP contribution in [0.4, 0.5) is 27.6 Å². The van der Waals surface area contributed by atoms with Gasteiger partial charge < -0.3 is 24.5 Å². The van der Waals surface area contributed by atoms with Crippen LogP contribution in [0.2, 0.25) is 0 Å². The topological polar surface area (TPSA) is 56.3 Å². The van der Waals surface area contributed by atoms with E-state index in [4.69, 9.17) is 17.8 Å². The molecule has 1 unspecified atom stereocenters. The van der Waals surface area contributed by atoms with Gasteiger partial charge in [0.15, 0.2) is 11.6 Å². The Hall–Kier alpha value is -4.23. The number of hydrogen-bond acceptors (Lipinski definition) is 6. The van der Waals surface area contributed by atoms with Crippen LogP contribution in [0.3, 0.4) is 0 Å². The molecule has 53 heavy (non-hydrogen) atoms. The number of ether oxygens (including phenoxy) is 1. The van der Waals surface area contributed by atoms with Crippen molar-refractivity contribution >= 4 is 23.4 Å². The van der Waals surface area contributed by atoms with E-state index >= 15 is 9.18 Å². The first-order chi connectivity index (χ1) is 31.2. The Morgan fingerprint density at radius 3 is 2.43 bits per heavy atom. The summed E-state index contributed by atoms with van der Waals surface area (Å²) in [6.07, 6.45) is -7.24. The third-order valence-corrected chi connectivity index (χ3v) is 9.41. The Balaban J connectivity index is 1.46. The van der Waals surface area contributed by atoms with Crippen molar-refractivity contribution in [3.63, 3.8) is 0 Å². The van der Waals surface area contributed by atoms with Crippen LogP contribution in [0.1, 0.15) is 67.3 Å². The second kappa shape index (κ2) is 16.8. The van der Waals surface area contributed by atoms with Gasteiger partial charge in [-0.2, -0.15) is 13.2 Å². The highest BCUT2D eigenvalue weighted by Gasteiger charge is 2.33. The number of nitrogens with zero attached hydrogens (tertiary/aromatic N) is 3.